The smallest absolute Gasteiger partial charge is 0.417 e. The fraction of sp³-hybridized carbons (Fsp3) is 0.500. The van der Waals surface area contributed by atoms with Crippen molar-refractivity contribution >= 4 is 50.7 Å². The van der Waals surface area contributed by atoms with Crippen LogP contribution < -0.4 is 15.1 Å². The van der Waals surface area contributed by atoms with Gasteiger partial charge in [-0.1, -0.05) is 35.9 Å². The van der Waals surface area contributed by atoms with Crippen LogP contribution in [0.25, 0.3) is 11.3 Å². The zero-order valence-electron chi connectivity index (χ0n) is 23.7. The standard InChI is InChI=1S/C28H32ClF4N7O2S/c1-16-5-8-39(9-6-16)26-23(18-3-4-20(29)19(13-18)28(31,32)33)36-27(43-26)37-24-22(30)25(35-15-34-24)40-12-11-38(17(2)14-40)10-7-21(41)42/h3-4,13,15-17H,5-12,14H2,1-2H3,(H,41,42)(H,34,35,36,37)/t17-/m1/s1. The monoisotopic (exact) mass is 641 g/mol. The van der Waals surface area contributed by atoms with Gasteiger partial charge in [-0.3, -0.25) is 9.69 Å². The molecule has 5 rings (SSSR count). The van der Waals surface area contributed by atoms with E-state index in [1.54, 1.807) is 4.90 Å². The number of carboxylic acid groups (broad SMARTS) is 1. The molecule has 2 N–H and O–H groups in total. The van der Waals surface area contributed by atoms with Crippen molar-refractivity contribution in [3.05, 3.63) is 40.9 Å². The van der Waals surface area contributed by atoms with Gasteiger partial charge in [-0.15, -0.1) is 0 Å². The summed E-state index contributed by atoms with van der Waals surface area (Å²) >= 11 is 7.11. The molecule has 15 heteroatoms. The number of carboxylic acids is 1. The van der Waals surface area contributed by atoms with Crippen molar-refractivity contribution in [2.24, 2.45) is 5.92 Å². The van der Waals surface area contributed by atoms with Crippen LogP contribution in [-0.4, -0.2) is 76.2 Å². The SMILES string of the molecule is CC1CCN(c2sc(Nc3ncnc(N4CCN(CCC(=O)O)[C@H](C)C4)c3F)nc2-c2ccc(Cl)c(C(F)(F)F)c2)CC1. The van der Waals surface area contributed by atoms with Crippen LogP contribution in [0.15, 0.2) is 24.5 Å². The first-order valence-electron chi connectivity index (χ1n) is 14.0. The van der Waals surface area contributed by atoms with Crippen molar-refractivity contribution in [1.29, 1.82) is 0 Å². The van der Waals surface area contributed by atoms with Crippen LogP contribution in [0.5, 0.6) is 0 Å². The number of aliphatic carboxylic acids is 1. The number of nitrogens with one attached hydrogen (secondary N) is 1. The molecule has 2 fully saturated rings. The molecule has 232 valence electrons. The molecule has 0 aliphatic carbocycles. The number of anilines is 4. The topological polar surface area (TPSA) is 97.7 Å². The molecule has 2 aromatic heterocycles. The van der Waals surface area contributed by atoms with Crippen LogP contribution in [0, 0.1) is 11.7 Å². The van der Waals surface area contributed by atoms with Crippen LogP contribution in [0.3, 0.4) is 0 Å². The summed E-state index contributed by atoms with van der Waals surface area (Å²) in [6.45, 7) is 7.42. The second-order valence-electron chi connectivity index (χ2n) is 11.0. The van der Waals surface area contributed by atoms with Crippen LogP contribution in [0.4, 0.5) is 39.3 Å². The Balaban J connectivity index is 1.42. The van der Waals surface area contributed by atoms with Gasteiger partial charge >= 0.3 is 12.1 Å². The van der Waals surface area contributed by atoms with Gasteiger partial charge in [-0.25, -0.2) is 15.0 Å². The van der Waals surface area contributed by atoms with Crippen molar-refractivity contribution in [3.63, 3.8) is 0 Å². The lowest BCUT2D eigenvalue weighted by Crippen LogP contribution is -2.52. The molecule has 0 radical (unpaired) electrons. The third kappa shape index (κ3) is 7.13. The number of aromatic nitrogens is 3. The number of hydrogen-bond donors (Lipinski definition) is 2. The van der Waals surface area contributed by atoms with Crippen molar-refractivity contribution in [1.82, 2.24) is 19.9 Å². The molecular formula is C28H32ClF4N7O2S. The minimum absolute atomic E-state index is 0.0174. The fourth-order valence-electron chi connectivity index (χ4n) is 5.40. The molecule has 1 aromatic carbocycles. The highest BCUT2D eigenvalue weighted by molar-refractivity contribution is 7.20. The quantitative estimate of drug-likeness (QED) is 0.272. The van der Waals surface area contributed by atoms with Crippen molar-refractivity contribution in [3.8, 4) is 11.3 Å². The third-order valence-corrected chi connectivity index (χ3v) is 9.26. The first kappa shape index (κ1) is 31.2. The average molecular weight is 642 g/mol. The summed E-state index contributed by atoms with van der Waals surface area (Å²) in [6, 6.07) is 3.70. The number of benzene rings is 1. The summed E-state index contributed by atoms with van der Waals surface area (Å²) < 4.78 is 56.8. The molecule has 0 bridgehead atoms. The predicted molar refractivity (Wildman–Crippen MR) is 159 cm³/mol. The largest absolute Gasteiger partial charge is 0.481 e. The predicted octanol–water partition coefficient (Wildman–Crippen LogP) is 6.38. The third-order valence-electron chi connectivity index (χ3n) is 7.90. The maximum atomic E-state index is 15.8. The molecule has 3 aromatic rings. The maximum absolute atomic E-state index is 15.8. The van der Waals surface area contributed by atoms with E-state index in [2.05, 4.69) is 32.1 Å². The second-order valence-corrected chi connectivity index (χ2v) is 12.4. The molecule has 2 aliphatic heterocycles. The molecule has 43 heavy (non-hydrogen) atoms. The highest BCUT2D eigenvalue weighted by Gasteiger charge is 2.34. The molecule has 0 spiro atoms. The number of thiazole rings is 1. The average Bonchev–Trinajstić information content (AvgIpc) is 3.37. The van der Waals surface area contributed by atoms with Crippen molar-refractivity contribution in [2.75, 3.05) is 54.4 Å². The number of nitrogens with zero attached hydrogens (tertiary/aromatic N) is 6. The first-order valence-corrected chi connectivity index (χ1v) is 15.2. The highest BCUT2D eigenvalue weighted by atomic mass is 35.5. The Labute approximate surface area is 255 Å². The Morgan fingerprint density at radius 1 is 1.14 bits per heavy atom. The van der Waals surface area contributed by atoms with Crippen molar-refractivity contribution < 1.29 is 27.5 Å². The van der Waals surface area contributed by atoms with Gasteiger partial charge in [0.25, 0.3) is 0 Å². The van der Waals surface area contributed by atoms with Crippen LogP contribution >= 0.6 is 22.9 Å². The Hall–Kier alpha value is -3.23. The Morgan fingerprint density at radius 3 is 2.56 bits per heavy atom. The molecule has 0 saturated carbocycles. The number of piperazine rings is 1. The highest BCUT2D eigenvalue weighted by Crippen LogP contribution is 2.44. The van der Waals surface area contributed by atoms with E-state index < -0.39 is 28.5 Å². The van der Waals surface area contributed by atoms with E-state index in [1.807, 2.05) is 11.8 Å². The van der Waals surface area contributed by atoms with E-state index in [-0.39, 0.29) is 34.8 Å². The molecule has 2 aliphatic rings. The summed E-state index contributed by atoms with van der Waals surface area (Å²) in [5.41, 5.74) is -0.338. The summed E-state index contributed by atoms with van der Waals surface area (Å²) in [5, 5.41) is 12.5. The number of halogens is 5. The molecular weight excluding hydrogens is 610 g/mol. The minimum atomic E-state index is -4.63. The first-order chi connectivity index (χ1) is 20.4. The van der Waals surface area contributed by atoms with Gasteiger partial charge < -0.3 is 20.2 Å². The second kappa shape index (κ2) is 12.8. The van der Waals surface area contributed by atoms with Crippen LogP contribution in [-0.2, 0) is 11.0 Å². The fourth-order valence-corrected chi connectivity index (χ4v) is 6.66. The van der Waals surface area contributed by atoms with E-state index in [0.29, 0.717) is 42.8 Å². The van der Waals surface area contributed by atoms with Gasteiger partial charge in [0.2, 0.25) is 5.82 Å². The van der Waals surface area contributed by atoms with Crippen LogP contribution in [0.2, 0.25) is 5.02 Å². The molecule has 2 saturated heterocycles. The summed E-state index contributed by atoms with van der Waals surface area (Å²) in [5.74, 6) is -1.00. The van der Waals surface area contributed by atoms with Gasteiger partial charge in [0.1, 0.15) is 17.0 Å². The lowest BCUT2D eigenvalue weighted by molar-refractivity contribution is -0.138. The van der Waals surface area contributed by atoms with Gasteiger partial charge in [0.05, 0.1) is 17.0 Å². The molecule has 9 nitrogen and oxygen atoms in total. The Morgan fingerprint density at radius 2 is 1.88 bits per heavy atom. The molecule has 0 amide bonds. The molecule has 0 unspecified atom stereocenters. The number of piperidine rings is 1. The number of carbonyl (C=O) groups is 1. The molecule has 4 heterocycles. The van der Waals surface area contributed by atoms with Gasteiger partial charge in [-0.05, 0) is 37.8 Å². The van der Waals surface area contributed by atoms with E-state index in [0.717, 1.165) is 32.0 Å². The minimum Gasteiger partial charge on any atom is -0.481 e. The Bertz CT molecular complexity index is 1470. The van der Waals surface area contributed by atoms with E-state index in [9.17, 15) is 18.0 Å². The van der Waals surface area contributed by atoms with E-state index >= 15 is 4.39 Å². The van der Waals surface area contributed by atoms with Gasteiger partial charge in [0, 0.05) is 50.9 Å². The van der Waals surface area contributed by atoms with Crippen LogP contribution in [0.1, 0.15) is 38.7 Å². The Kier molecular flexibility index (Phi) is 9.28. The lowest BCUT2D eigenvalue weighted by atomic mass is 9.99. The van der Waals surface area contributed by atoms with Gasteiger partial charge in [-0.2, -0.15) is 17.6 Å². The van der Waals surface area contributed by atoms with Crippen molar-refractivity contribution in [2.45, 2.75) is 45.3 Å². The van der Waals surface area contributed by atoms with E-state index in [1.165, 1.54) is 29.8 Å². The summed E-state index contributed by atoms with van der Waals surface area (Å²) in [4.78, 5) is 29.8. The maximum Gasteiger partial charge on any atom is 0.417 e. The van der Waals surface area contributed by atoms with E-state index in [4.69, 9.17) is 16.7 Å². The van der Waals surface area contributed by atoms with Gasteiger partial charge in [0.15, 0.2) is 16.8 Å². The number of alkyl halides is 3. The zero-order chi connectivity index (χ0) is 30.9. The lowest BCUT2D eigenvalue weighted by Gasteiger charge is -2.40. The molecule has 1 atom stereocenters. The normalized spacial score (nSPS) is 18.7. The summed E-state index contributed by atoms with van der Waals surface area (Å²) in [6.07, 6.45) is -1.49. The number of rotatable bonds is 8. The number of hydrogen-bond acceptors (Lipinski definition) is 9. The summed E-state index contributed by atoms with van der Waals surface area (Å²) in [7, 11) is 0. The zero-order valence-corrected chi connectivity index (χ0v) is 25.2.